The van der Waals surface area contributed by atoms with Crippen LogP contribution in [-0.4, -0.2) is 40.5 Å². The molecule has 0 aliphatic rings. The van der Waals surface area contributed by atoms with Gasteiger partial charge in [-0.3, -0.25) is 4.79 Å². The first kappa shape index (κ1) is 12.1. The van der Waals surface area contributed by atoms with Gasteiger partial charge in [-0.2, -0.15) is 0 Å². The number of likely N-dealkylation sites (N-methyl/N-ethyl adjacent to an activating group) is 1. The van der Waals surface area contributed by atoms with Gasteiger partial charge in [0.25, 0.3) is 0 Å². The monoisotopic (exact) mass is 248 g/mol. The molecule has 0 spiro atoms. The van der Waals surface area contributed by atoms with Crippen molar-refractivity contribution in [2.45, 2.75) is 0 Å². The molecule has 1 heterocycles. The van der Waals surface area contributed by atoms with Gasteiger partial charge in [0, 0.05) is 10.9 Å². The molecule has 4 N–H and O–H groups in total. The van der Waals surface area contributed by atoms with Crippen LogP contribution < -0.4 is 5.32 Å². The van der Waals surface area contributed by atoms with Crippen LogP contribution in [0.1, 0.15) is 20.8 Å². The maximum Gasteiger partial charge on any atom is 0.352 e. The Morgan fingerprint density at radius 1 is 1.39 bits per heavy atom. The molecule has 1 aromatic carbocycles. The summed E-state index contributed by atoms with van der Waals surface area (Å²) in [7, 11) is 1.65. The number of carboxylic acids is 1. The van der Waals surface area contributed by atoms with Gasteiger partial charge in [0.05, 0.1) is 12.1 Å². The van der Waals surface area contributed by atoms with Crippen LogP contribution in [0.15, 0.2) is 18.2 Å². The van der Waals surface area contributed by atoms with Gasteiger partial charge in [-0.25, -0.2) is 4.79 Å². The van der Waals surface area contributed by atoms with Crippen LogP contribution in [0.2, 0.25) is 0 Å². The number of phenolic OH excluding ortho intramolecular Hbond substituents is 1. The van der Waals surface area contributed by atoms with E-state index < -0.39 is 5.97 Å². The summed E-state index contributed by atoms with van der Waals surface area (Å²) in [6, 6.07) is 4.20. The zero-order chi connectivity index (χ0) is 13.3. The van der Waals surface area contributed by atoms with Crippen LogP contribution in [0.3, 0.4) is 0 Å². The highest BCUT2D eigenvalue weighted by Crippen LogP contribution is 2.28. The van der Waals surface area contributed by atoms with Crippen molar-refractivity contribution in [1.29, 1.82) is 0 Å². The largest absolute Gasteiger partial charge is 0.506 e. The summed E-state index contributed by atoms with van der Waals surface area (Å²) in [5.41, 5.74) is 0.570. The van der Waals surface area contributed by atoms with E-state index in [4.69, 9.17) is 5.11 Å². The fourth-order valence-corrected chi connectivity index (χ4v) is 1.82. The number of carboxylic acid groups (broad SMARTS) is 1. The number of aromatic amines is 1. The zero-order valence-corrected chi connectivity index (χ0v) is 9.65. The summed E-state index contributed by atoms with van der Waals surface area (Å²) in [6.07, 6.45) is 0. The fourth-order valence-electron chi connectivity index (χ4n) is 1.82. The molecule has 0 saturated carbocycles. The Bertz CT molecular complexity index is 630. The maximum atomic E-state index is 11.8. The summed E-state index contributed by atoms with van der Waals surface area (Å²) < 4.78 is 0. The van der Waals surface area contributed by atoms with E-state index in [-0.39, 0.29) is 29.3 Å². The number of hydrogen-bond donors (Lipinski definition) is 4. The molecule has 1 aromatic heterocycles. The van der Waals surface area contributed by atoms with E-state index in [1.165, 1.54) is 18.2 Å². The number of aromatic carboxylic acids is 1. The fraction of sp³-hybridized carbons (Fsp3) is 0.167. The SMILES string of the molecule is CNCC(=O)c1ccc(O)c2[nH]c(C(=O)O)cc12. The highest BCUT2D eigenvalue weighted by Gasteiger charge is 2.16. The number of carbonyl (C=O) groups is 2. The number of fused-ring (bicyclic) bond motifs is 1. The van der Waals surface area contributed by atoms with Crippen molar-refractivity contribution in [3.63, 3.8) is 0 Å². The molecule has 0 aliphatic heterocycles. The quantitative estimate of drug-likeness (QED) is 0.604. The topological polar surface area (TPSA) is 102 Å². The minimum absolute atomic E-state index is 0.0648. The van der Waals surface area contributed by atoms with Gasteiger partial charge in [0.2, 0.25) is 0 Å². The van der Waals surface area contributed by atoms with Gasteiger partial charge in [-0.05, 0) is 25.2 Å². The van der Waals surface area contributed by atoms with Crippen LogP contribution in [-0.2, 0) is 0 Å². The van der Waals surface area contributed by atoms with Gasteiger partial charge in [0.15, 0.2) is 5.78 Å². The molecule has 0 unspecified atom stereocenters. The predicted octanol–water partition coefficient (Wildman–Crippen LogP) is 0.974. The van der Waals surface area contributed by atoms with E-state index in [0.717, 1.165) is 0 Å². The number of aromatic nitrogens is 1. The van der Waals surface area contributed by atoms with Crippen LogP contribution in [0.25, 0.3) is 10.9 Å². The molecule has 0 fully saturated rings. The minimum atomic E-state index is -1.14. The third-order valence-electron chi connectivity index (χ3n) is 2.64. The van der Waals surface area contributed by atoms with Gasteiger partial charge in [-0.1, -0.05) is 0 Å². The number of hydrogen-bond acceptors (Lipinski definition) is 4. The number of ketones is 1. The number of Topliss-reactive ketones (excluding diaryl/α,β-unsaturated/α-hetero) is 1. The van der Waals surface area contributed by atoms with Crippen molar-refractivity contribution in [3.05, 3.63) is 29.5 Å². The molecular weight excluding hydrogens is 236 g/mol. The predicted molar refractivity (Wildman–Crippen MR) is 65.2 cm³/mol. The summed E-state index contributed by atoms with van der Waals surface area (Å²) >= 11 is 0. The molecular formula is C12H12N2O4. The number of phenols is 1. The summed E-state index contributed by atoms with van der Waals surface area (Å²) in [5, 5.41) is 21.7. The Balaban J connectivity index is 2.65. The summed E-state index contributed by atoms with van der Waals surface area (Å²) in [4.78, 5) is 25.3. The van der Waals surface area contributed by atoms with Crippen LogP contribution in [0, 0.1) is 0 Å². The Labute approximate surface area is 102 Å². The number of rotatable bonds is 4. The average Bonchev–Trinajstić information content (AvgIpc) is 2.75. The van der Waals surface area contributed by atoms with Gasteiger partial charge < -0.3 is 20.5 Å². The van der Waals surface area contributed by atoms with E-state index in [2.05, 4.69) is 10.3 Å². The standard InChI is InChI=1S/C12H12N2O4/c1-13-5-10(16)6-2-3-9(15)11-7(6)4-8(14-11)12(17)18/h2-4,13-15H,5H2,1H3,(H,17,18). The smallest absolute Gasteiger partial charge is 0.352 e. The molecule has 6 heteroatoms. The minimum Gasteiger partial charge on any atom is -0.506 e. The highest BCUT2D eigenvalue weighted by atomic mass is 16.4. The second-order valence-electron chi connectivity index (χ2n) is 3.86. The Hall–Kier alpha value is -2.34. The lowest BCUT2D eigenvalue weighted by atomic mass is 10.1. The van der Waals surface area contributed by atoms with Crippen molar-refractivity contribution >= 4 is 22.7 Å². The van der Waals surface area contributed by atoms with Gasteiger partial charge in [-0.15, -0.1) is 0 Å². The van der Waals surface area contributed by atoms with E-state index in [1.807, 2.05) is 0 Å². The normalized spacial score (nSPS) is 10.7. The van der Waals surface area contributed by atoms with Crippen molar-refractivity contribution in [2.24, 2.45) is 0 Å². The maximum absolute atomic E-state index is 11.8. The molecule has 0 amide bonds. The lowest BCUT2D eigenvalue weighted by Gasteiger charge is -2.03. The molecule has 6 nitrogen and oxygen atoms in total. The molecule has 0 atom stereocenters. The van der Waals surface area contributed by atoms with E-state index in [9.17, 15) is 14.7 Å². The Morgan fingerprint density at radius 2 is 2.11 bits per heavy atom. The first-order chi connectivity index (χ1) is 8.54. The van der Waals surface area contributed by atoms with Crippen LogP contribution in [0.5, 0.6) is 5.75 Å². The third-order valence-corrected chi connectivity index (χ3v) is 2.64. The van der Waals surface area contributed by atoms with Crippen LogP contribution >= 0.6 is 0 Å². The molecule has 0 saturated heterocycles. The average molecular weight is 248 g/mol. The van der Waals surface area contributed by atoms with Crippen molar-refractivity contribution in [1.82, 2.24) is 10.3 Å². The van der Waals surface area contributed by atoms with Crippen molar-refractivity contribution in [3.8, 4) is 5.75 Å². The lowest BCUT2D eigenvalue weighted by molar-refractivity contribution is 0.0691. The first-order valence-electron chi connectivity index (χ1n) is 5.30. The second kappa shape index (κ2) is 4.50. The first-order valence-corrected chi connectivity index (χ1v) is 5.30. The van der Waals surface area contributed by atoms with E-state index in [1.54, 1.807) is 7.05 Å². The second-order valence-corrected chi connectivity index (χ2v) is 3.86. The third kappa shape index (κ3) is 1.93. The number of carbonyl (C=O) groups excluding carboxylic acids is 1. The molecule has 2 rings (SSSR count). The van der Waals surface area contributed by atoms with Crippen molar-refractivity contribution < 1.29 is 19.8 Å². The number of H-pyrrole nitrogens is 1. The van der Waals surface area contributed by atoms with E-state index in [0.29, 0.717) is 10.9 Å². The number of nitrogens with one attached hydrogen (secondary N) is 2. The van der Waals surface area contributed by atoms with Crippen LogP contribution in [0.4, 0.5) is 0 Å². The number of benzene rings is 1. The summed E-state index contributed by atoms with van der Waals surface area (Å²) in [5.74, 6) is -1.39. The van der Waals surface area contributed by atoms with E-state index >= 15 is 0 Å². The molecule has 94 valence electrons. The molecule has 2 aromatic rings. The van der Waals surface area contributed by atoms with Gasteiger partial charge >= 0.3 is 5.97 Å². The zero-order valence-electron chi connectivity index (χ0n) is 9.65. The van der Waals surface area contributed by atoms with Crippen molar-refractivity contribution in [2.75, 3.05) is 13.6 Å². The van der Waals surface area contributed by atoms with Gasteiger partial charge in [0.1, 0.15) is 11.4 Å². The Morgan fingerprint density at radius 3 is 2.72 bits per heavy atom. The summed E-state index contributed by atoms with van der Waals surface area (Å²) in [6.45, 7) is 0.146. The molecule has 0 aliphatic carbocycles. The number of aromatic hydroxyl groups is 1. The molecule has 0 bridgehead atoms. The molecule has 18 heavy (non-hydrogen) atoms. The molecule has 0 radical (unpaired) electrons. The lowest BCUT2D eigenvalue weighted by Crippen LogP contribution is -2.18. The highest BCUT2D eigenvalue weighted by molar-refractivity contribution is 6.11. The Kier molecular flexibility index (Phi) is 3.03.